The average molecular weight is 327 g/mol. The average Bonchev–Trinajstić information content (AvgIpc) is 2.32. The van der Waals surface area contributed by atoms with E-state index in [1.54, 1.807) is 0 Å². The molecule has 108 valence electrons. The second-order valence-corrected chi connectivity index (χ2v) is 8.13. The van der Waals surface area contributed by atoms with Gasteiger partial charge in [0, 0.05) is 0 Å². The van der Waals surface area contributed by atoms with Crippen LogP contribution in [0.4, 0.5) is 11.4 Å². The maximum atomic E-state index is 11.4. The molecule has 0 radical (unpaired) electrons. The van der Waals surface area contributed by atoms with Gasteiger partial charge in [0.2, 0.25) is 20.0 Å². The normalized spacial score (nSPS) is 12.2. The zero-order valence-electron chi connectivity index (χ0n) is 10.5. The summed E-state index contributed by atoms with van der Waals surface area (Å²) in [5.41, 5.74) is 0.495. The molecule has 0 aromatic heterocycles. The Balaban J connectivity index is 2.99. The molecule has 0 heterocycles. The topological polar surface area (TPSA) is 92.3 Å². The van der Waals surface area contributed by atoms with Crippen LogP contribution < -0.4 is 9.44 Å². The number of benzene rings is 1. The van der Waals surface area contributed by atoms with Crippen molar-refractivity contribution in [2.24, 2.45) is 0 Å². The largest absolute Gasteiger partial charge is 0.284 e. The highest BCUT2D eigenvalue weighted by molar-refractivity contribution is 7.92. The fraction of sp³-hybridized carbons (Fsp3) is 0.400. The van der Waals surface area contributed by atoms with E-state index in [2.05, 4.69) is 9.44 Å². The van der Waals surface area contributed by atoms with Crippen LogP contribution in [0.3, 0.4) is 0 Å². The molecule has 0 aliphatic heterocycles. The van der Waals surface area contributed by atoms with Gasteiger partial charge in [-0.05, 0) is 32.0 Å². The number of sulfonamides is 2. The van der Waals surface area contributed by atoms with Gasteiger partial charge in [0.05, 0.1) is 27.9 Å². The lowest BCUT2D eigenvalue weighted by atomic mass is 10.3. The van der Waals surface area contributed by atoms with Crippen LogP contribution in [0.15, 0.2) is 18.2 Å². The molecule has 0 saturated carbocycles. The van der Waals surface area contributed by atoms with Gasteiger partial charge in [0.25, 0.3) is 0 Å². The Morgan fingerprint density at radius 2 is 1.53 bits per heavy atom. The SMILES string of the molecule is CCS(=O)(=O)Nc1ccc(NS(=O)(=O)CC)c(Cl)c1. The second kappa shape index (κ2) is 5.98. The van der Waals surface area contributed by atoms with Crippen LogP contribution >= 0.6 is 11.6 Å². The standard InChI is InChI=1S/C10H15ClN2O4S2/c1-3-18(14,15)12-8-5-6-10(9(11)7-8)13-19(16,17)4-2/h5-7,12-13H,3-4H2,1-2H3. The van der Waals surface area contributed by atoms with Crippen LogP contribution in [-0.4, -0.2) is 28.3 Å². The van der Waals surface area contributed by atoms with Gasteiger partial charge in [-0.3, -0.25) is 9.44 Å². The number of hydrogen-bond acceptors (Lipinski definition) is 4. The Kier molecular flexibility index (Phi) is 5.05. The van der Waals surface area contributed by atoms with Gasteiger partial charge < -0.3 is 0 Å². The summed E-state index contributed by atoms with van der Waals surface area (Å²) in [6.07, 6.45) is 0. The maximum Gasteiger partial charge on any atom is 0.232 e. The van der Waals surface area contributed by atoms with E-state index in [0.717, 1.165) is 0 Å². The molecule has 1 rings (SSSR count). The lowest BCUT2D eigenvalue weighted by molar-refractivity contribution is 0.600. The molecule has 0 aliphatic carbocycles. The molecule has 19 heavy (non-hydrogen) atoms. The summed E-state index contributed by atoms with van der Waals surface area (Å²) >= 11 is 5.90. The quantitative estimate of drug-likeness (QED) is 0.834. The Bertz CT molecular complexity index is 656. The summed E-state index contributed by atoms with van der Waals surface area (Å²) in [5, 5.41) is 0.119. The smallest absolute Gasteiger partial charge is 0.232 e. The Morgan fingerprint density at radius 1 is 1.00 bits per heavy atom. The lowest BCUT2D eigenvalue weighted by Gasteiger charge is -2.10. The van der Waals surface area contributed by atoms with Crippen LogP contribution in [0, 0.1) is 0 Å². The van der Waals surface area contributed by atoms with Gasteiger partial charge in [0.1, 0.15) is 0 Å². The van der Waals surface area contributed by atoms with E-state index >= 15 is 0 Å². The number of nitrogens with one attached hydrogen (secondary N) is 2. The van der Waals surface area contributed by atoms with E-state index in [9.17, 15) is 16.8 Å². The first-order valence-electron chi connectivity index (χ1n) is 5.49. The molecule has 0 fully saturated rings. The van der Waals surface area contributed by atoms with Crippen molar-refractivity contribution in [3.05, 3.63) is 23.2 Å². The zero-order valence-corrected chi connectivity index (χ0v) is 12.9. The summed E-state index contributed by atoms with van der Waals surface area (Å²) in [6.45, 7) is 3.01. The van der Waals surface area contributed by atoms with Crippen LogP contribution in [0.2, 0.25) is 5.02 Å². The van der Waals surface area contributed by atoms with Crippen molar-refractivity contribution in [3.8, 4) is 0 Å². The van der Waals surface area contributed by atoms with Gasteiger partial charge in [-0.2, -0.15) is 0 Å². The molecule has 9 heteroatoms. The fourth-order valence-corrected chi connectivity index (χ4v) is 2.72. The van der Waals surface area contributed by atoms with Crippen molar-refractivity contribution < 1.29 is 16.8 Å². The van der Waals surface area contributed by atoms with E-state index in [-0.39, 0.29) is 27.9 Å². The predicted octanol–water partition coefficient (Wildman–Crippen LogP) is 1.86. The van der Waals surface area contributed by atoms with E-state index in [1.807, 2.05) is 0 Å². The molecule has 0 atom stereocenters. The number of halogens is 1. The van der Waals surface area contributed by atoms with Gasteiger partial charge >= 0.3 is 0 Å². The first kappa shape index (κ1) is 16.1. The van der Waals surface area contributed by atoms with Gasteiger partial charge in [-0.1, -0.05) is 11.6 Å². The van der Waals surface area contributed by atoms with E-state index < -0.39 is 20.0 Å². The molecular formula is C10H15ClN2O4S2. The molecular weight excluding hydrogens is 312 g/mol. The van der Waals surface area contributed by atoms with E-state index in [4.69, 9.17) is 11.6 Å². The maximum absolute atomic E-state index is 11.4. The minimum atomic E-state index is -3.42. The summed E-state index contributed by atoms with van der Waals surface area (Å²) in [7, 11) is -6.81. The third-order valence-electron chi connectivity index (χ3n) is 2.27. The van der Waals surface area contributed by atoms with Crippen molar-refractivity contribution in [1.82, 2.24) is 0 Å². The first-order valence-corrected chi connectivity index (χ1v) is 9.18. The first-order chi connectivity index (χ1) is 8.69. The molecule has 6 nitrogen and oxygen atoms in total. The van der Waals surface area contributed by atoms with Crippen LogP contribution in [-0.2, 0) is 20.0 Å². The van der Waals surface area contributed by atoms with Crippen molar-refractivity contribution in [3.63, 3.8) is 0 Å². The Morgan fingerprint density at radius 3 is 2.00 bits per heavy atom. The van der Waals surface area contributed by atoms with Crippen molar-refractivity contribution >= 4 is 43.0 Å². The molecule has 1 aromatic carbocycles. The van der Waals surface area contributed by atoms with Crippen molar-refractivity contribution in [2.45, 2.75) is 13.8 Å². The van der Waals surface area contributed by atoms with Crippen molar-refractivity contribution in [1.29, 1.82) is 0 Å². The molecule has 0 spiro atoms. The molecule has 0 bridgehead atoms. The highest BCUT2D eigenvalue weighted by atomic mass is 35.5. The molecule has 0 unspecified atom stereocenters. The summed E-state index contributed by atoms with van der Waals surface area (Å²) in [6, 6.07) is 4.19. The van der Waals surface area contributed by atoms with Gasteiger partial charge in [-0.25, -0.2) is 16.8 Å². The van der Waals surface area contributed by atoms with Crippen LogP contribution in [0.25, 0.3) is 0 Å². The van der Waals surface area contributed by atoms with E-state index in [0.29, 0.717) is 0 Å². The van der Waals surface area contributed by atoms with Gasteiger partial charge in [-0.15, -0.1) is 0 Å². The summed E-state index contributed by atoms with van der Waals surface area (Å²) in [5.74, 6) is -0.137. The molecule has 0 saturated heterocycles. The second-order valence-electron chi connectivity index (χ2n) is 3.71. The molecule has 1 aromatic rings. The fourth-order valence-electron chi connectivity index (χ4n) is 1.15. The monoisotopic (exact) mass is 326 g/mol. The molecule has 0 amide bonds. The van der Waals surface area contributed by atoms with Gasteiger partial charge in [0.15, 0.2) is 0 Å². The third-order valence-corrected chi connectivity index (χ3v) is 5.18. The highest BCUT2D eigenvalue weighted by Gasteiger charge is 2.12. The molecule has 0 aliphatic rings. The number of rotatable bonds is 6. The number of hydrogen-bond donors (Lipinski definition) is 2. The summed E-state index contributed by atoms with van der Waals surface area (Å²) in [4.78, 5) is 0. The Labute approximate surface area is 118 Å². The minimum absolute atomic E-state index is 0.0607. The van der Waals surface area contributed by atoms with E-state index in [1.165, 1.54) is 32.0 Å². The summed E-state index contributed by atoms with van der Waals surface area (Å²) < 4.78 is 50.2. The third kappa shape index (κ3) is 4.88. The highest BCUT2D eigenvalue weighted by Crippen LogP contribution is 2.26. The zero-order chi connectivity index (χ0) is 14.7. The minimum Gasteiger partial charge on any atom is -0.284 e. The lowest BCUT2D eigenvalue weighted by Crippen LogP contribution is -2.16. The van der Waals surface area contributed by atoms with Crippen LogP contribution in [0.5, 0.6) is 0 Å². The molecule has 2 N–H and O–H groups in total. The van der Waals surface area contributed by atoms with Crippen molar-refractivity contribution in [2.75, 3.05) is 20.9 Å². The number of anilines is 2. The Hall–Kier alpha value is -0.990. The van der Waals surface area contributed by atoms with Crippen LogP contribution in [0.1, 0.15) is 13.8 Å². The predicted molar refractivity (Wildman–Crippen MR) is 77.6 cm³/mol.